The second kappa shape index (κ2) is 7.58. The lowest BCUT2D eigenvalue weighted by Gasteiger charge is -2.23. The first-order valence-corrected chi connectivity index (χ1v) is 9.26. The summed E-state index contributed by atoms with van der Waals surface area (Å²) in [6.45, 7) is 6.57. The minimum atomic E-state index is -0.0185. The highest BCUT2D eigenvalue weighted by molar-refractivity contribution is 5.84. The maximum Gasteiger partial charge on any atom is 0.232 e. The van der Waals surface area contributed by atoms with Gasteiger partial charge in [0.1, 0.15) is 11.5 Å². The highest BCUT2D eigenvalue weighted by Crippen LogP contribution is 2.31. The van der Waals surface area contributed by atoms with Crippen LogP contribution in [0.25, 0.3) is 11.5 Å². The Labute approximate surface area is 160 Å². The molecule has 0 aliphatic heterocycles. The van der Waals surface area contributed by atoms with Crippen molar-refractivity contribution in [2.24, 2.45) is 5.41 Å². The Bertz CT molecular complexity index is 828. The quantitative estimate of drug-likeness (QED) is 0.774. The van der Waals surface area contributed by atoms with Crippen LogP contribution in [0.5, 0.6) is 5.88 Å². The Morgan fingerprint density at radius 3 is 2.59 bits per heavy atom. The lowest BCUT2D eigenvalue weighted by molar-refractivity contribution is -0.119. The van der Waals surface area contributed by atoms with Crippen LogP contribution in [-0.2, 0) is 17.6 Å². The summed E-state index contributed by atoms with van der Waals surface area (Å²) >= 11 is 0. The molecule has 0 aromatic carbocycles. The van der Waals surface area contributed by atoms with Gasteiger partial charge in [-0.3, -0.25) is 4.79 Å². The topological polar surface area (TPSA) is 81.1 Å². The van der Waals surface area contributed by atoms with Crippen LogP contribution < -0.4 is 9.64 Å². The predicted molar refractivity (Wildman–Crippen MR) is 104 cm³/mol. The zero-order valence-corrected chi connectivity index (χ0v) is 16.7. The van der Waals surface area contributed by atoms with Gasteiger partial charge in [0.25, 0.3) is 0 Å². The van der Waals surface area contributed by atoms with E-state index in [0.717, 1.165) is 36.3 Å². The van der Waals surface area contributed by atoms with E-state index in [1.54, 1.807) is 19.5 Å². The molecule has 27 heavy (non-hydrogen) atoms. The van der Waals surface area contributed by atoms with Gasteiger partial charge in [0.15, 0.2) is 11.6 Å². The molecule has 3 rings (SSSR count). The third-order valence-electron chi connectivity index (χ3n) is 4.48. The summed E-state index contributed by atoms with van der Waals surface area (Å²) in [5.74, 6) is 2.02. The monoisotopic (exact) mass is 369 g/mol. The van der Waals surface area contributed by atoms with E-state index in [1.807, 2.05) is 11.9 Å². The molecule has 2 aromatic heterocycles. The Balaban J connectivity index is 1.90. The number of ketones is 1. The molecule has 144 valence electrons. The van der Waals surface area contributed by atoms with Crippen LogP contribution >= 0.6 is 0 Å². The van der Waals surface area contributed by atoms with Crippen molar-refractivity contribution < 1.29 is 9.53 Å². The van der Waals surface area contributed by atoms with Crippen molar-refractivity contribution in [1.29, 1.82) is 0 Å². The van der Waals surface area contributed by atoms with E-state index in [4.69, 9.17) is 14.7 Å². The molecule has 0 unspecified atom stereocenters. The zero-order chi connectivity index (χ0) is 19.6. The molecule has 0 spiro atoms. The van der Waals surface area contributed by atoms with Gasteiger partial charge in [-0.2, -0.15) is 0 Å². The number of methoxy groups -OCH3 is 1. The van der Waals surface area contributed by atoms with E-state index in [2.05, 4.69) is 30.7 Å². The standard InChI is InChI=1S/C20H27N5O2/c1-20(2,3)9-13(26)12-25(4)19-14-7-6-8-15(14)23-18(24-19)16-10-22-17(27-5)11-21-16/h10-11H,6-9,12H2,1-5H3. The SMILES string of the molecule is COc1cnc(-c2nc3c(c(N(C)CC(=O)CC(C)(C)C)n2)CCC3)cn1. The lowest BCUT2D eigenvalue weighted by atomic mass is 9.90. The Morgan fingerprint density at radius 2 is 1.96 bits per heavy atom. The predicted octanol–water partition coefficient (Wildman–Crippen LogP) is 2.87. The molecule has 0 fully saturated rings. The molecule has 7 nitrogen and oxygen atoms in total. The van der Waals surface area contributed by atoms with Gasteiger partial charge in [-0.05, 0) is 24.7 Å². The number of anilines is 1. The molecular weight excluding hydrogens is 342 g/mol. The highest BCUT2D eigenvalue weighted by atomic mass is 16.5. The van der Waals surface area contributed by atoms with Gasteiger partial charge < -0.3 is 9.64 Å². The Hall–Kier alpha value is -2.57. The molecule has 1 aliphatic rings. The van der Waals surface area contributed by atoms with Gasteiger partial charge in [-0.1, -0.05) is 20.8 Å². The number of hydrogen-bond donors (Lipinski definition) is 0. The van der Waals surface area contributed by atoms with E-state index in [9.17, 15) is 4.79 Å². The van der Waals surface area contributed by atoms with Gasteiger partial charge in [-0.25, -0.2) is 19.9 Å². The minimum Gasteiger partial charge on any atom is -0.480 e. The fourth-order valence-electron chi connectivity index (χ4n) is 3.37. The molecule has 0 N–H and O–H groups in total. The molecule has 2 heterocycles. The van der Waals surface area contributed by atoms with Gasteiger partial charge in [0.2, 0.25) is 5.88 Å². The van der Waals surface area contributed by atoms with Crippen LogP contribution in [0.4, 0.5) is 5.82 Å². The fraction of sp³-hybridized carbons (Fsp3) is 0.550. The average Bonchev–Trinajstić information content (AvgIpc) is 3.07. The molecule has 0 saturated carbocycles. The van der Waals surface area contributed by atoms with Crippen LogP contribution in [0.1, 0.15) is 44.9 Å². The molecule has 0 amide bonds. The Morgan fingerprint density at radius 1 is 1.19 bits per heavy atom. The maximum absolute atomic E-state index is 12.4. The fourth-order valence-corrected chi connectivity index (χ4v) is 3.37. The molecule has 7 heteroatoms. The minimum absolute atomic E-state index is 0.0185. The summed E-state index contributed by atoms with van der Waals surface area (Å²) in [4.78, 5) is 32.4. The average molecular weight is 369 g/mol. The summed E-state index contributed by atoms with van der Waals surface area (Å²) in [5.41, 5.74) is 2.77. The van der Waals surface area contributed by atoms with Crippen molar-refractivity contribution in [3.05, 3.63) is 23.7 Å². The second-order valence-electron chi connectivity index (χ2n) is 8.23. The molecular formula is C20H27N5O2. The van der Waals surface area contributed by atoms with Crippen LogP contribution in [-0.4, -0.2) is 46.4 Å². The number of fused-ring (bicyclic) bond motifs is 1. The third kappa shape index (κ3) is 4.59. The van der Waals surface area contributed by atoms with Crippen molar-refractivity contribution in [2.75, 3.05) is 25.6 Å². The molecule has 0 saturated heterocycles. The first-order valence-electron chi connectivity index (χ1n) is 9.26. The van der Waals surface area contributed by atoms with Crippen LogP contribution in [0.3, 0.4) is 0 Å². The summed E-state index contributed by atoms with van der Waals surface area (Å²) in [6.07, 6.45) is 6.63. The number of Topliss-reactive ketones (excluding diaryl/α,β-unsaturated/α-hetero) is 1. The lowest BCUT2D eigenvalue weighted by Crippen LogP contribution is -2.30. The molecule has 0 bridgehead atoms. The number of hydrogen-bond acceptors (Lipinski definition) is 7. The second-order valence-corrected chi connectivity index (χ2v) is 8.23. The van der Waals surface area contributed by atoms with Crippen molar-refractivity contribution in [2.45, 2.75) is 46.5 Å². The highest BCUT2D eigenvalue weighted by Gasteiger charge is 2.24. The third-order valence-corrected chi connectivity index (χ3v) is 4.48. The summed E-state index contributed by atoms with van der Waals surface area (Å²) < 4.78 is 5.06. The van der Waals surface area contributed by atoms with Crippen molar-refractivity contribution in [1.82, 2.24) is 19.9 Å². The molecule has 0 radical (unpaired) electrons. The van der Waals surface area contributed by atoms with Crippen molar-refractivity contribution >= 4 is 11.6 Å². The summed E-state index contributed by atoms with van der Waals surface area (Å²) in [7, 11) is 3.47. The normalized spacial score (nSPS) is 13.4. The van der Waals surface area contributed by atoms with Gasteiger partial charge in [0, 0.05) is 24.7 Å². The Kier molecular flexibility index (Phi) is 5.39. The summed E-state index contributed by atoms with van der Waals surface area (Å²) in [6, 6.07) is 0. The van der Waals surface area contributed by atoms with E-state index in [0.29, 0.717) is 30.4 Å². The number of rotatable bonds is 6. The number of carbonyl (C=O) groups excluding carboxylic acids is 1. The van der Waals surface area contributed by atoms with Crippen LogP contribution in [0.15, 0.2) is 12.4 Å². The summed E-state index contributed by atoms with van der Waals surface area (Å²) in [5, 5.41) is 0. The van der Waals surface area contributed by atoms with E-state index >= 15 is 0 Å². The number of ether oxygens (including phenoxy) is 1. The first-order chi connectivity index (χ1) is 12.8. The van der Waals surface area contributed by atoms with E-state index < -0.39 is 0 Å². The van der Waals surface area contributed by atoms with Crippen LogP contribution in [0, 0.1) is 5.41 Å². The van der Waals surface area contributed by atoms with Gasteiger partial charge in [0.05, 0.1) is 26.0 Å². The maximum atomic E-state index is 12.4. The van der Waals surface area contributed by atoms with Gasteiger partial charge >= 0.3 is 0 Å². The molecule has 2 aromatic rings. The number of aromatic nitrogens is 4. The largest absolute Gasteiger partial charge is 0.480 e. The number of likely N-dealkylation sites (N-methyl/N-ethyl adjacent to an activating group) is 1. The smallest absolute Gasteiger partial charge is 0.232 e. The number of aryl methyl sites for hydroxylation is 1. The zero-order valence-electron chi connectivity index (χ0n) is 16.7. The van der Waals surface area contributed by atoms with Gasteiger partial charge in [-0.15, -0.1) is 0 Å². The van der Waals surface area contributed by atoms with E-state index in [-0.39, 0.29) is 11.2 Å². The number of carbonyl (C=O) groups is 1. The molecule has 1 aliphatic carbocycles. The number of nitrogens with zero attached hydrogens (tertiary/aromatic N) is 5. The van der Waals surface area contributed by atoms with E-state index in [1.165, 1.54) is 0 Å². The van der Waals surface area contributed by atoms with Crippen molar-refractivity contribution in [3.8, 4) is 17.4 Å². The van der Waals surface area contributed by atoms with Crippen molar-refractivity contribution in [3.63, 3.8) is 0 Å². The first kappa shape index (κ1) is 19.2. The molecule has 0 atom stereocenters. The van der Waals surface area contributed by atoms with Crippen LogP contribution in [0.2, 0.25) is 0 Å².